The lowest BCUT2D eigenvalue weighted by Gasteiger charge is -2.19. The number of nitro benzene ring substituents is 1. The number of anilines is 1. The summed E-state index contributed by atoms with van der Waals surface area (Å²) in [4.78, 5) is 23.5. The van der Waals surface area contributed by atoms with E-state index in [-0.39, 0.29) is 11.3 Å². The van der Waals surface area contributed by atoms with Gasteiger partial charge in [-0.3, -0.25) is 14.9 Å². The Morgan fingerprint density at radius 3 is 2.53 bits per heavy atom. The Kier molecular flexibility index (Phi) is 2.97. The number of nitrogens with zero attached hydrogens (tertiary/aromatic N) is 2. The summed E-state index contributed by atoms with van der Waals surface area (Å²) in [5, 5.41) is 10.8. The molecule has 1 saturated carbocycles. The van der Waals surface area contributed by atoms with E-state index in [0.717, 1.165) is 30.6 Å². The predicted octanol–water partition coefficient (Wildman–Crippen LogP) is 2.64. The van der Waals surface area contributed by atoms with E-state index in [2.05, 4.69) is 4.90 Å². The molecule has 0 spiro atoms. The Morgan fingerprint density at radius 1 is 1.26 bits per heavy atom. The zero-order valence-corrected chi connectivity index (χ0v) is 10.6. The average molecular weight is 260 g/mol. The molecule has 1 aromatic rings. The van der Waals surface area contributed by atoms with E-state index < -0.39 is 4.92 Å². The first-order chi connectivity index (χ1) is 9.19. The van der Waals surface area contributed by atoms with Crippen LogP contribution in [0.3, 0.4) is 0 Å². The molecule has 0 N–H and O–H groups in total. The van der Waals surface area contributed by atoms with E-state index in [1.165, 1.54) is 25.3 Å². The van der Waals surface area contributed by atoms with E-state index in [9.17, 15) is 14.9 Å². The van der Waals surface area contributed by atoms with Crippen LogP contribution < -0.4 is 4.90 Å². The second-order valence-corrected chi connectivity index (χ2v) is 5.47. The largest absolute Gasteiger partial charge is 0.371 e. The maximum Gasteiger partial charge on any atom is 0.280 e. The first-order valence-electron chi connectivity index (χ1n) is 6.67. The first-order valence-corrected chi connectivity index (χ1v) is 6.67. The number of nitro groups is 1. The van der Waals surface area contributed by atoms with E-state index in [1.54, 1.807) is 12.1 Å². The number of hydrogen-bond acceptors (Lipinski definition) is 4. The summed E-state index contributed by atoms with van der Waals surface area (Å²) in [7, 11) is 0. The molecule has 0 aromatic heterocycles. The van der Waals surface area contributed by atoms with Gasteiger partial charge in [-0.1, -0.05) is 6.42 Å². The van der Waals surface area contributed by atoms with E-state index in [1.807, 2.05) is 0 Å². The fraction of sp³-hybridized carbons (Fsp3) is 0.500. The van der Waals surface area contributed by atoms with Gasteiger partial charge in [0.05, 0.1) is 10.5 Å². The average Bonchev–Trinajstić information content (AvgIpc) is 2.98. The van der Waals surface area contributed by atoms with Crippen LogP contribution in [-0.2, 0) is 0 Å². The molecular weight excluding hydrogens is 244 g/mol. The highest BCUT2D eigenvalue weighted by Gasteiger charge is 2.36. The molecular formula is C14H16N2O3. The molecule has 1 aliphatic carbocycles. The highest BCUT2D eigenvalue weighted by molar-refractivity contribution is 5.83. The molecule has 0 amide bonds. The lowest BCUT2D eigenvalue weighted by atomic mass is 10.0. The van der Waals surface area contributed by atoms with Gasteiger partial charge in [0.15, 0.2) is 6.29 Å². The fourth-order valence-corrected chi connectivity index (χ4v) is 3.45. The Hall–Kier alpha value is -1.91. The van der Waals surface area contributed by atoms with Crippen LogP contribution in [0.2, 0.25) is 0 Å². The van der Waals surface area contributed by atoms with E-state index in [4.69, 9.17) is 0 Å². The third kappa shape index (κ3) is 2.09. The van der Waals surface area contributed by atoms with Crippen LogP contribution in [0.1, 0.15) is 29.6 Å². The van der Waals surface area contributed by atoms with Crippen LogP contribution >= 0.6 is 0 Å². The zero-order chi connectivity index (χ0) is 13.4. The number of benzene rings is 1. The van der Waals surface area contributed by atoms with Crippen LogP contribution in [0.25, 0.3) is 0 Å². The molecule has 3 rings (SSSR count). The standard InChI is InChI=1S/C14H16N2O3/c17-9-12-6-13(4-5-14(12)16(18)19)15-7-10-2-1-3-11(10)8-15/h4-6,9-11H,1-3,7-8H2. The number of fused-ring (bicyclic) bond motifs is 1. The molecule has 0 radical (unpaired) electrons. The van der Waals surface area contributed by atoms with Crippen molar-refractivity contribution in [1.82, 2.24) is 0 Å². The van der Waals surface area contributed by atoms with Gasteiger partial charge in [0.1, 0.15) is 0 Å². The maximum atomic E-state index is 11.0. The predicted molar refractivity (Wildman–Crippen MR) is 71.5 cm³/mol. The van der Waals surface area contributed by atoms with Gasteiger partial charge in [-0.2, -0.15) is 0 Å². The second kappa shape index (κ2) is 4.64. The normalized spacial score (nSPS) is 25.4. The lowest BCUT2D eigenvalue weighted by Crippen LogP contribution is -2.20. The molecule has 0 bridgehead atoms. The number of carbonyl (C=O) groups excluding carboxylic acids is 1. The van der Waals surface area contributed by atoms with Gasteiger partial charge in [-0.25, -0.2) is 0 Å². The lowest BCUT2D eigenvalue weighted by molar-refractivity contribution is -0.385. The molecule has 19 heavy (non-hydrogen) atoms. The zero-order valence-electron chi connectivity index (χ0n) is 10.6. The van der Waals surface area contributed by atoms with E-state index in [0.29, 0.717) is 6.29 Å². The molecule has 2 atom stereocenters. The molecule has 100 valence electrons. The minimum absolute atomic E-state index is 0.113. The van der Waals surface area contributed by atoms with Gasteiger partial charge in [0.2, 0.25) is 0 Å². The smallest absolute Gasteiger partial charge is 0.280 e. The Labute approximate surface area is 111 Å². The molecule has 2 aliphatic rings. The molecule has 5 heteroatoms. The van der Waals surface area contributed by atoms with Gasteiger partial charge in [-0.15, -0.1) is 0 Å². The van der Waals surface area contributed by atoms with Gasteiger partial charge in [-0.05, 0) is 36.8 Å². The molecule has 1 aromatic carbocycles. The second-order valence-electron chi connectivity index (χ2n) is 5.47. The van der Waals surface area contributed by atoms with E-state index >= 15 is 0 Å². The minimum atomic E-state index is -0.508. The Bertz CT molecular complexity index is 517. The topological polar surface area (TPSA) is 63.5 Å². The van der Waals surface area contributed by atoms with Gasteiger partial charge in [0.25, 0.3) is 5.69 Å². The van der Waals surface area contributed by atoms with Crippen LogP contribution in [0.4, 0.5) is 11.4 Å². The van der Waals surface area contributed by atoms with Crippen molar-refractivity contribution < 1.29 is 9.72 Å². The summed E-state index contributed by atoms with van der Waals surface area (Å²) in [5.41, 5.74) is 0.986. The third-order valence-corrected chi connectivity index (χ3v) is 4.43. The summed E-state index contributed by atoms with van der Waals surface area (Å²) >= 11 is 0. The van der Waals surface area contributed by atoms with Crippen LogP contribution in [0, 0.1) is 22.0 Å². The van der Waals surface area contributed by atoms with Crippen LogP contribution in [-0.4, -0.2) is 24.3 Å². The summed E-state index contributed by atoms with van der Waals surface area (Å²) in [6.07, 6.45) is 4.46. The van der Waals surface area contributed by atoms with Gasteiger partial charge in [0, 0.05) is 24.8 Å². The molecule has 1 aliphatic heterocycles. The number of aldehydes is 1. The fourth-order valence-electron chi connectivity index (χ4n) is 3.45. The van der Waals surface area contributed by atoms with Crippen molar-refractivity contribution in [3.63, 3.8) is 0 Å². The minimum Gasteiger partial charge on any atom is -0.371 e. The van der Waals surface area contributed by atoms with Crippen LogP contribution in [0.15, 0.2) is 18.2 Å². The third-order valence-electron chi connectivity index (χ3n) is 4.43. The highest BCUT2D eigenvalue weighted by atomic mass is 16.6. The number of carbonyl (C=O) groups is 1. The Morgan fingerprint density at radius 2 is 1.95 bits per heavy atom. The van der Waals surface area contributed by atoms with Crippen molar-refractivity contribution in [1.29, 1.82) is 0 Å². The quantitative estimate of drug-likeness (QED) is 0.476. The van der Waals surface area contributed by atoms with Gasteiger partial charge < -0.3 is 4.90 Å². The van der Waals surface area contributed by atoms with Crippen molar-refractivity contribution >= 4 is 17.7 Å². The summed E-state index contributed by atoms with van der Waals surface area (Å²) in [5.74, 6) is 1.52. The molecule has 5 nitrogen and oxygen atoms in total. The summed E-state index contributed by atoms with van der Waals surface area (Å²) < 4.78 is 0. The number of hydrogen-bond donors (Lipinski definition) is 0. The monoisotopic (exact) mass is 260 g/mol. The van der Waals surface area contributed by atoms with Crippen molar-refractivity contribution in [2.24, 2.45) is 11.8 Å². The summed E-state index contributed by atoms with van der Waals surface area (Å²) in [6, 6.07) is 4.84. The summed E-state index contributed by atoms with van der Waals surface area (Å²) in [6.45, 7) is 2.03. The van der Waals surface area contributed by atoms with Crippen molar-refractivity contribution in [3.8, 4) is 0 Å². The van der Waals surface area contributed by atoms with Crippen molar-refractivity contribution in [2.75, 3.05) is 18.0 Å². The highest BCUT2D eigenvalue weighted by Crippen LogP contribution is 2.40. The molecule has 2 unspecified atom stereocenters. The van der Waals surface area contributed by atoms with Crippen molar-refractivity contribution in [3.05, 3.63) is 33.9 Å². The molecule has 2 fully saturated rings. The molecule has 1 saturated heterocycles. The molecule has 1 heterocycles. The van der Waals surface area contributed by atoms with Gasteiger partial charge >= 0.3 is 0 Å². The maximum absolute atomic E-state index is 11.0. The van der Waals surface area contributed by atoms with Crippen LogP contribution in [0.5, 0.6) is 0 Å². The number of rotatable bonds is 3. The first kappa shape index (κ1) is 12.1. The van der Waals surface area contributed by atoms with Crippen molar-refractivity contribution in [2.45, 2.75) is 19.3 Å². The SMILES string of the molecule is O=Cc1cc(N2CC3CCCC3C2)ccc1[N+](=O)[O-]. The Balaban J connectivity index is 1.86.